The number of nitrogens with zero attached hydrogens (tertiary/aromatic N) is 4. The number of benzene rings is 1. The van der Waals surface area contributed by atoms with Crippen molar-refractivity contribution in [1.82, 2.24) is 15.0 Å². The minimum Gasteiger partial charge on any atom is -0.363 e. The van der Waals surface area contributed by atoms with Crippen molar-refractivity contribution in [3.63, 3.8) is 0 Å². The lowest BCUT2D eigenvalue weighted by atomic mass is 10.2. The molecule has 3 heterocycles. The van der Waals surface area contributed by atoms with Gasteiger partial charge in [-0.2, -0.15) is 0 Å². The van der Waals surface area contributed by atoms with Crippen molar-refractivity contribution in [3.8, 4) is 0 Å². The lowest BCUT2D eigenvalue weighted by Gasteiger charge is -2.37. The van der Waals surface area contributed by atoms with Crippen LogP contribution in [0.5, 0.6) is 0 Å². The Labute approximate surface area is 131 Å². The predicted molar refractivity (Wildman–Crippen MR) is 84.7 cm³/mol. The summed E-state index contributed by atoms with van der Waals surface area (Å²) in [5.74, 6) is -0.188. The van der Waals surface area contributed by atoms with Gasteiger partial charge in [-0.05, 0) is 18.2 Å². The first-order valence-corrected chi connectivity index (χ1v) is 7.46. The van der Waals surface area contributed by atoms with Crippen LogP contribution in [0.2, 0.25) is 0 Å². The number of H-pyrrole nitrogens is 1. The zero-order chi connectivity index (χ0) is 15.8. The molecule has 118 valence electrons. The van der Waals surface area contributed by atoms with E-state index in [1.54, 1.807) is 4.90 Å². The highest BCUT2D eigenvalue weighted by molar-refractivity contribution is 5.87. The van der Waals surface area contributed by atoms with Crippen molar-refractivity contribution < 1.29 is 8.78 Å². The minimum atomic E-state index is -0.520. The van der Waals surface area contributed by atoms with Crippen LogP contribution in [0.15, 0.2) is 36.8 Å². The highest BCUT2D eigenvalue weighted by Gasteiger charge is 2.24. The molecule has 2 aromatic heterocycles. The van der Waals surface area contributed by atoms with Gasteiger partial charge in [0.1, 0.15) is 35.1 Å². The third-order valence-electron chi connectivity index (χ3n) is 4.17. The molecule has 1 N–H and O–H groups in total. The zero-order valence-corrected chi connectivity index (χ0v) is 12.3. The second kappa shape index (κ2) is 5.49. The number of rotatable bonds is 2. The molecule has 1 saturated heterocycles. The van der Waals surface area contributed by atoms with E-state index >= 15 is 0 Å². The molecule has 4 rings (SSSR count). The molecule has 5 nitrogen and oxygen atoms in total. The van der Waals surface area contributed by atoms with E-state index < -0.39 is 11.6 Å². The van der Waals surface area contributed by atoms with Crippen molar-refractivity contribution in [2.75, 3.05) is 36.0 Å². The molecule has 7 heteroatoms. The summed E-state index contributed by atoms with van der Waals surface area (Å²) in [5.41, 5.74) is 0.846. The maximum atomic E-state index is 13.9. The third kappa shape index (κ3) is 2.38. The van der Waals surface area contributed by atoms with Gasteiger partial charge in [-0.15, -0.1) is 0 Å². The Morgan fingerprint density at radius 1 is 0.913 bits per heavy atom. The van der Waals surface area contributed by atoms with E-state index in [-0.39, 0.29) is 5.69 Å². The molecule has 1 aliphatic heterocycles. The average molecular weight is 315 g/mol. The Bertz CT molecular complexity index is 819. The summed E-state index contributed by atoms with van der Waals surface area (Å²) >= 11 is 0. The van der Waals surface area contributed by atoms with Gasteiger partial charge < -0.3 is 14.8 Å². The Morgan fingerprint density at radius 2 is 1.61 bits per heavy atom. The van der Waals surface area contributed by atoms with Gasteiger partial charge in [0.15, 0.2) is 0 Å². The van der Waals surface area contributed by atoms with Crippen LogP contribution in [-0.2, 0) is 0 Å². The molecule has 0 unspecified atom stereocenters. The van der Waals surface area contributed by atoms with Crippen LogP contribution < -0.4 is 9.80 Å². The fraction of sp³-hybridized carbons (Fsp3) is 0.250. The van der Waals surface area contributed by atoms with Gasteiger partial charge in [-0.25, -0.2) is 18.7 Å². The summed E-state index contributed by atoms with van der Waals surface area (Å²) in [7, 11) is 0. The fourth-order valence-electron chi connectivity index (χ4n) is 3.04. The molecular formula is C16H15F2N5. The summed E-state index contributed by atoms with van der Waals surface area (Å²) in [6.45, 7) is 2.36. The lowest BCUT2D eigenvalue weighted by Crippen LogP contribution is -2.47. The van der Waals surface area contributed by atoms with Crippen molar-refractivity contribution >= 4 is 22.5 Å². The Hall–Kier alpha value is -2.70. The number of aromatic nitrogens is 3. The van der Waals surface area contributed by atoms with Crippen LogP contribution in [0.3, 0.4) is 0 Å². The van der Waals surface area contributed by atoms with Gasteiger partial charge in [0.2, 0.25) is 0 Å². The molecule has 0 radical (unpaired) electrons. The first-order chi connectivity index (χ1) is 11.2. The molecule has 0 atom stereocenters. The Morgan fingerprint density at radius 3 is 2.35 bits per heavy atom. The second-order valence-electron chi connectivity index (χ2n) is 5.48. The monoisotopic (exact) mass is 315 g/mol. The van der Waals surface area contributed by atoms with Crippen LogP contribution in [-0.4, -0.2) is 41.1 Å². The normalized spacial score (nSPS) is 15.4. The average Bonchev–Trinajstić information content (AvgIpc) is 3.04. The molecule has 1 aliphatic rings. The van der Waals surface area contributed by atoms with Crippen molar-refractivity contribution in [1.29, 1.82) is 0 Å². The summed E-state index contributed by atoms with van der Waals surface area (Å²) in [6, 6.07) is 5.90. The number of halogens is 2. The largest absolute Gasteiger partial charge is 0.363 e. The predicted octanol–water partition coefficient (Wildman–Crippen LogP) is 2.56. The van der Waals surface area contributed by atoms with Crippen LogP contribution in [0.4, 0.5) is 20.3 Å². The summed E-state index contributed by atoms with van der Waals surface area (Å²) in [4.78, 5) is 15.5. The van der Waals surface area contributed by atoms with E-state index in [1.807, 2.05) is 12.3 Å². The minimum absolute atomic E-state index is 0.0571. The number of para-hydroxylation sites is 1. The molecule has 3 aromatic rings. The van der Waals surface area contributed by atoms with Crippen molar-refractivity contribution in [2.45, 2.75) is 0 Å². The third-order valence-corrected chi connectivity index (χ3v) is 4.17. The highest BCUT2D eigenvalue weighted by atomic mass is 19.1. The van der Waals surface area contributed by atoms with E-state index in [9.17, 15) is 8.78 Å². The molecule has 1 aromatic carbocycles. The molecule has 1 fully saturated rings. The standard InChI is InChI=1S/C16H15F2N5/c17-12-2-1-3-13(18)14(12)22-6-8-23(9-7-22)16-11-4-5-19-15(11)20-10-21-16/h1-5,10H,6-9H2,(H,19,20,21). The molecule has 0 saturated carbocycles. The van der Waals surface area contributed by atoms with Gasteiger partial charge in [-0.1, -0.05) is 6.07 Å². The molecule has 0 spiro atoms. The Kier molecular flexibility index (Phi) is 3.33. The zero-order valence-electron chi connectivity index (χ0n) is 12.3. The molecule has 0 amide bonds. The van der Waals surface area contributed by atoms with Gasteiger partial charge in [0.05, 0.1) is 5.39 Å². The van der Waals surface area contributed by atoms with Crippen molar-refractivity contribution in [2.24, 2.45) is 0 Å². The number of nitrogens with one attached hydrogen (secondary N) is 1. The van der Waals surface area contributed by atoms with Gasteiger partial charge in [0, 0.05) is 32.4 Å². The van der Waals surface area contributed by atoms with Gasteiger partial charge in [0.25, 0.3) is 0 Å². The number of hydrogen-bond acceptors (Lipinski definition) is 4. The van der Waals surface area contributed by atoms with E-state index in [0.717, 1.165) is 16.9 Å². The van der Waals surface area contributed by atoms with Gasteiger partial charge in [-0.3, -0.25) is 0 Å². The maximum absolute atomic E-state index is 13.9. The molecule has 0 aliphatic carbocycles. The van der Waals surface area contributed by atoms with Crippen LogP contribution >= 0.6 is 0 Å². The highest BCUT2D eigenvalue weighted by Crippen LogP contribution is 2.27. The Balaban J connectivity index is 1.57. The first kappa shape index (κ1) is 13.9. The quantitative estimate of drug-likeness (QED) is 0.789. The molecular weight excluding hydrogens is 300 g/mol. The summed E-state index contributed by atoms with van der Waals surface area (Å²) < 4.78 is 27.8. The summed E-state index contributed by atoms with van der Waals surface area (Å²) in [5, 5.41) is 0.957. The molecule has 23 heavy (non-hydrogen) atoms. The number of hydrogen-bond donors (Lipinski definition) is 1. The van der Waals surface area contributed by atoms with E-state index in [0.29, 0.717) is 26.2 Å². The van der Waals surface area contributed by atoms with Crippen LogP contribution in [0, 0.1) is 11.6 Å². The topological polar surface area (TPSA) is 48.1 Å². The number of anilines is 2. The van der Waals surface area contributed by atoms with E-state index in [4.69, 9.17) is 0 Å². The summed E-state index contributed by atoms with van der Waals surface area (Å²) in [6.07, 6.45) is 3.35. The number of aromatic amines is 1. The molecule has 0 bridgehead atoms. The SMILES string of the molecule is Fc1cccc(F)c1N1CCN(c2ncnc3[nH]ccc23)CC1. The second-order valence-corrected chi connectivity index (χ2v) is 5.48. The fourth-order valence-corrected chi connectivity index (χ4v) is 3.04. The van der Waals surface area contributed by atoms with Crippen molar-refractivity contribution in [3.05, 3.63) is 48.4 Å². The van der Waals surface area contributed by atoms with Crippen LogP contribution in [0.1, 0.15) is 0 Å². The lowest BCUT2D eigenvalue weighted by molar-refractivity contribution is 0.556. The first-order valence-electron chi connectivity index (χ1n) is 7.46. The maximum Gasteiger partial charge on any atom is 0.149 e. The van der Waals surface area contributed by atoms with Crippen LogP contribution in [0.25, 0.3) is 11.0 Å². The van der Waals surface area contributed by atoms with Gasteiger partial charge >= 0.3 is 0 Å². The number of fused-ring (bicyclic) bond motifs is 1. The van der Waals surface area contributed by atoms with E-state index in [2.05, 4.69) is 19.9 Å². The smallest absolute Gasteiger partial charge is 0.149 e. The van der Waals surface area contributed by atoms with E-state index in [1.165, 1.54) is 24.5 Å². The number of piperazine rings is 1.